The smallest absolute Gasteiger partial charge is 0.127 e. The molecule has 1 unspecified atom stereocenters. The molecule has 0 saturated carbocycles. The van der Waals surface area contributed by atoms with E-state index in [1.165, 1.54) is 6.07 Å². The van der Waals surface area contributed by atoms with Gasteiger partial charge in [0.05, 0.1) is 6.61 Å². The number of benzene rings is 2. The number of rotatable bonds is 6. The van der Waals surface area contributed by atoms with Gasteiger partial charge in [0.2, 0.25) is 0 Å². The summed E-state index contributed by atoms with van der Waals surface area (Å²) in [6.07, 6.45) is 0.483. The summed E-state index contributed by atoms with van der Waals surface area (Å²) in [5, 5.41) is 0.446. The molecule has 0 aliphatic carbocycles. The van der Waals surface area contributed by atoms with Gasteiger partial charge in [0, 0.05) is 16.5 Å². The zero-order chi connectivity index (χ0) is 16.1. The minimum absolute atomic E-state index is 0.0186. The number of ether oxygens (including phenoxy) is 1. The van der Waals surface area contributed by atoms with Crippen LogP contribution in [0.4, 0.5) is 4.39 Å². The molecule has 2 aromatic rings. The minimum Gasteiger partial charge on any atom is -0.494 e. The summed E-state index contributed by atoms with van der Waals surface area (Å²) in [5.74, 6) is 0.572. The zero-order valence-electron chi connectivity index (χ0n) is 12.9. The molecule has 4 heteroatoms. The summed E-state index contributed by atoms with van der Waals surface area (Å²) in [6, 6.07) is 10.7. The average Bonchev–Trinajstić information content (AvgIpc) is 2.48. The first-order chi connectivity index (χ1) is 10.6. The highest BCUT2D eigenvalue weighted by Crippen LogP contribution is 2.30. The van der Waals surface area contributed by atoms with Crippen molar-refractivity contribution in [3.8, 4) is 5.75 Å². The third kappa shape index (κ3) is 3.79. The molecule has 1 atom stereocenters. The van der Waals surface area contributed by atoms with Crippen molar-refractivity contribution in [3.05, 3.63) is 63.9 Å². The molecule has 118 valence electrons. The van der Waals surface area contributed by atoms with Gasteiger partial charge in [-0.3, -0.25) is 0 Å². The van der Waals surface area contributed by atoms with E-state index in [0.29, 0.717) is 30.2 Å². The lowest BCUT2D eigenvalue weighted by Gasteiger charge is -2.19. The standard InChI is InChI=1S/C18H21ClFNO/c1-3-22-14-7-8-15(12(2)9-14)13(11-21)10-16-17(19)5-4-6-18(16)20/h4-9,13H,3,10-11,21H2,1-2H3. The van der Waals surface area contributed by atoms with Crippen molar-refractivity contribution in [2.45, 2.75) is 26.2 Å². The molecule has 0 aromatic heterocycles. The van der Waals surface area contributed by atoms with Gasteiger partial charge in [0.15, 0.2) is 0 Å². The zero-order valence-corrected chi connectivity index (χ0v) is 13.7. The lowest BCUT2D eigenvalue weighted by molar-refractivity contribution is 0.340. The summed E-state index contributed by atoms with van der Waals surface area (Å²) < 4.78 is 19.5. The van der Waals surface area contributed by atoms with Crippen LogP contribution < -0.4 is 10.5 Å². The van der Waals surface area contributed by atoms with Gasteiger partial charge in [-0.25, -0.2) is 4.39 Å². The molecule has 2 N–H and O–H groups in total. The van der Waals surface area contributed by atoms with Crippen molar-refractivity contribution in [2.75, 3.05) is 13.2 Å². The number of halogens is 2. The SMILES string of the molecule is CCOc1ccc(C(CN)Cc2c(F)cccc2Cl)c(C)c1. The predicted molar refractivity (Wildman–Crippen MR) is 89.3 cm³/mol. The minimum atomic E-state index is -0.283. The predicted octanol–water partition coefficient (Wildman–Crippen LogP) is 4.47. The van der Waals surface area contributed by atoms with Crippen LogP contribution in [0.15, 0.2) is 36.4 Å². The van der Waals surface area contributed by atoms with Crippen molar-refractivity contribution in [2.24, 2.45) is 5.73 Å². The van der Waals surface area contributed by atoms with E-state index in [4.69, 9.17) is 22.1 Å². The van der Waals surface area contributed by atoms with Crippen molar-refractivity contribution in [3.63, 3.8) is 0 Å². The van der Waals surface area contributed by atoms with Gasteiger partial charge in [-0.1, -0.05) is 23.7 Å². The Morgan fingerprint density at radius 3 is 2.64 bits per heavy atom. The van der Waals surface area contributed by atoms with Crippen LogP contribution in [0.25, 0.3) is 0 Å². The Bertz CT molecular complexity index is 625. The third-order valence-corrected chi connectivity index (χ3v) is 4.14. The first kappa shape index (κ1) is 16.8. The van der Waals surface area contributed by atoms with Crippen LogP contribution in [0.5, 0.6) is 5.75 Å². The lowest BCUT2D eigenvalue weighted by atomic mass is 9.89. The number of aryl methyl sites for hydroxylation is 1. The molecule has 0 amide bonds. The van der Waals surface area contributed by atoms with Crippen LogP contribution in [0, 0.1) is 12.7 Å². The van der Waals surface area contributed by atoms with E-state index in [9.17, 15) is 4.39 Å². The van der Waals surface area contributed by atoms with Gasteiger partial charge >= 0.3 is 0 Å². The Kier molecular flexibility index (Phi) is 5.81. The summed E-state index contributed by atoms with van der Waals surface area (Å²) in [6.45, 7) is 5.03. The van der Waals surface area contributed by atoms with Crippen molar-refractivity contribution < 1.29 is 9.13 Å². The summed E-state index contributed by atoms with van der Waals surface area (Å²) >= 11 is 6.12. The maximum atomic E-state index is 14.0. The molecule has 0 aliphatic rings. The fourth-order valence-corrected chi connectivity index (χ4v) is 2.90. The van der Waals surface area contributed by atoms with Gasteiger partial charge in [-0.15, -0.1) is 0 Å². The number of nitrogens with two attached hydrogens (primary N) is 1. The second-order valence-electron chi connectivity index (χ2n) is 5.29. The van der Waals surface area contributed by atoms with Crippen LogP contribution in [0.2, 0.25) is 5.02 Å². The normalized spacial score (nSPS) is 12.2. The number of hydrogen-bond acceptors (Lipinski definition) is 2. The van der Waals surface area contributed by atoms with Gasteiger partial charge in [0.25, 0.3) is 0 Å². The Hall–Kier alpha value is -1.58. The Morgan fingerprint density at radius 2 is 2.05 bits per heavy atom. The lowest BCUT2D eigenvalue weighted by Crippen LogP contribution is -2.17. The summed E-state index contributed by atoms with van der Waals surface area (Å²) in [7, 11) is 0. The van der Waals surface area contributed by atoms with Crippen molar-refractivity contribution in [1.29, 1.82) is 0 Å². The molecule has 0 saturated heterocycles. The largest absolute Gasteiger partial charge is 0.494 e. The second-order valence-corrected chi connectivity index (χ2v) is 5.70. The molecule has 2 rings (SSSR count). The van der Waals surface area contributed by atoms with Gasteiger partial charge < -0.3 is 10.5 Å². The molecular weight excluding hydrogens is 301 g/mol. The molecule has 0 heterocycles. The number of hydrogen-bond donors (Lipinski definition) is 1. The fraction of sp³-hybridized carbons (Fsp3) is 0.333. The molecule has 0 fully saturated rings. The third-order valence-electron chi connectivity index (χ3n) is 3.79. The quantitative estimate of drug-likeness (QED) is 0.852. The van der Waals surface area contributed by atoms with E-state index in [1.807, 2.05) is 32.0 Å². The van der Waals surface area contributed by atoms with E-state index in [-0.39, 0.29) is 11.7 Å². The van der Waals surface area contributed by atoms with Gasteiger partial charge in [-0.2, -0.15) is 0 Å². The maximum absolute atomic E-state index is 14.0. The van der Waals surface area contributed by atoms with Gasteiger partial charge in [0.1, 0.15) is 11.6 Å². The topological polar surface area (TPSA) is 35.2 Å². The fourth-order valence-electron chi connectivity index (χ4n) is 2.66. The van der Waals surface area contributed by atoms with Crippen LogP contribution in [0.3, 0.4) is 0 Å². The monoisotopic (exact) mass is 321 g/mol. The average molecular weight is 322 g/mol. The molecule has 22 heavy (non-hydrogen) atoms. The Labute approximate surface area is 136 Å². The highest BCUT2D eigenvalue weighted by Gasteiger charge is 2.17. The van der Waals surface area contributed by atoms with Gasteiger partial charge in [-0.05, 0) is 62.2 Å². The van der Waals surface area contributed by atoms with Crippen molar-refractivity contribution >= 4 is 11.6 Å². The molecule has 0 aliphatic heterocycles. The molecular formula is C18H21ClFNO. The van der Waals surface area contributed by atoms with Crippen LogP contribution >= 0.6 is 11.6 Å². The first-order valence-electron chi connectivity index (χ1n) is 7.43. The van der Waals surface area contributed by atoms with Crippen LogP contribution in [0.1, 0.15) is 29.5 Å². The maximum Gasteiger partial charge on any atom is 0.127 e. The summed E-state index contributed by atoms with van der Waals surface area (Å²) in [5.41, 5.74) is 8.64. The Balaban J connectivity index is 2.29. The van der Waals surface area contributed by atoms with E-state index in [2.05, 4.69) is 0 Å². The van der Waals surface area contributed by atoms with Crippen LogP contribution in [-0.4, -0.2) is 13.2 Å². The molecule has 0 bridgehead atoms. The molecule has 0 radical (unpaired) electrons. The highest BCUT2D eigenvalue weighted by atomic mass is 35.5. The van der Waals surface area contributed by atoms with E-state index in [0.717, 1.165) is 16.9 Å². The van der Waals surface area contributed by atoms with E-state index in [1.54, 1.807) is 12.1 Å². The second kappa shape index (κ2) is 7.61. The Morgan fingerprint density at radius 1 is 1.27 bits per heavy atom. The van der Waals surface area contributed by atoms with Crippen molar-refractivity contribution in [1.82, 2.24) is 0 Å². The van der Waals surface area contributed by atoms with E-state index < -0.39 is 0 Å². The summed E-state index contributed by atoms with van der Waals surface area (Å²) in [4.78, 5) is 0. The molecule has 0 spiro atoms. The first-order valence-corrected chi connectivity index (χ1v) is 7.80. The van der Waals surface area contributed by atoms with Crippen LogP contribution in [-0.2, 0) is 6.42 Å². The molecule has 2 aromatic carbocycles. The molecule has 2 nitrogen and oxygen atoms in total. The highest BCUT2D eigenvalue weighted by molar-refractivity contribution is 6.31. The van der Waals surface area contributed by atoms with E-state index >= 15 is 0 Å².